The molecule has 6 heteroatoms. The van der Waals surface area contributed by atoms with Crippen LogP contribution in [0.25, 0.3) is 0 Å². The minimum absolute atomic E-state index is 0.318. The molecule has 2 rings (SSSR count). The Balaban J connectivity index is 1.98. The second-order valence-corrected chi connectivity index (χ2v) is 5.05. The molecule has 1 aromatic rings. The number of urea groups is 1. The van der Waals surface area contributed by atoms with Crippen LogP contribution in [0.2, 0.25) is 0 Å². The zero-order valence-corrected chi connectivity index (χ0v) is 12.2. The van der Waals surface area contributed by atoms with Crippen LogP contribution in [-0.4, -0.2) is 59.6 Å². The van der Waals surface area contributed by atoms with Gasteiger partial charge in [0.25, 0.3) is 0 Å². The predicted molar refractivity (Wildman–Crippen MR) is 79.0 cm³/mol. The zero-order chi connectivity index (χ0) is 15.2. The third-order valence-corrected chi connectivity index (χ3v) is 3.75. The van der Waals surface area contributed by atoms with Gasteiger partial charge in [0.1, 0.15) is 0 Å². The largest absolute Gasteiger partial charge is 0.479 e. The second-order valence-electron chi connectivity index (χ2n) is 5.05. The molecule has 0 aliphatic carbocycles. The number of hydrogen-bond donors (Lipinski definition) is 2. The molecule has 1 aliphatic rings. The molecular formula is C15H21N3O3. The Morgan fingerprint density at radius 2 is 1.81 bits per heavy atom. The molecule has 1 aromatic carbocycles. The SMILES string of the molecule is CCN1CCN(C(=O)N[C@H](C(=O)O)c2ccccc2)CC1. The van der Waals surface area contributed by atoms with E-state index in [0.717, 1.165) is 19.6 Å². The van der Waals surface area contributed by atoms with Gasteiger partial charge in [0, 0.05) is 26.2 Å². The van der Waals surface area contributed by atoms with Crippen LogP contribution in [0.4, 0.5) is 4.79 Å². The van der Waals surface area contributed by atoms with E-state index in [1.54, 1.807) is 29.2 Å². The maximum absolute atomic E-state index is 12.2. The average Bonchev–Trinajstić information content (AvgIpc) is 2.53. The van der Waals surface area contributed by atoms with E-state index in [2.05, 4.69) is 17.1 Å². The highest BCUT2D eigenvalue weighted by atomic mass is 16.4. The summed E-state index contributed by atoms with van der Waals surface area (Å²) in [6.45, 7) is 5.96. The van der Waals surface area contributed by atoms with Gasteiger partial charge >= 0.3 is 12.0 Å². The Morgan fingerprint density at radius 3 is 2.33 bits per heavy atom. The first-order chi connectivity index (χ1) is 10.1. The third-order valence-electron chi connectivity index (χ3n) is 3.75. The van der Waals surface area contributed by atoms with Crippen LogP contribution in [0, 0.1) is 0 Å². The van der Waals surface area contributed by atoms with E-state index < -0.39 is 12.0 Å². The van der Waals surface area contributed by atoms with Crippen molar-refractivity contribution in [2.45, 2.75) is 13.0 Å². The lowest BCUT2D eigenvalue weighted by Gasteiger charge is -2.34. The van der Waals surface area contributed by atoms with Crippen molar-refractivity contribution in [3.63, 3.8) is 0 Å². The highest BCUT2D eigenvalue weighted by Crippen LogP contribution is 2.13. The highest BCUT2D eigenvalue weighted by Gasteiger charge is 2.26. The molecule has 1 atom stereocenters. The molecule has 0 spiro atoms. The smallest absolute Gasteiger partial charge is 0.330 e. The van der Waals surface area contributed by atoms with Gasteiger partial charge < -0.3 is 20.2 Å². The highest BCUT2D eigenvalue weighted by molar-refractivity contribution is 5.83. The molecule has 114 valence electrons. The molecule has 2 N–H and O–H groups in total. The van der Waals surface area contributed by atoms with E-state index in [4.69, 9.17) is 0 Å². The van der Waals surface area contributed by atoms with Crippen molar-refractivity contribution in [3.05, 3.63) is 35.9 Å². The minimum atomic E-state index is -1.05. The number of carbonyl (C=O) groups excluding carboxylic acids is 1. The van der Waals surface area contributed by atoms with Gasteiger partial charge in [-0.05, 0) is 12.1 Å². The predicted octanol–water partition coefficient (Wildman–Crippen LogP) is 1.16. The summed E-state index contributed by atoms with van der Waals surface area (Å²) in [5.74, 6) is -1.05. The van der Waals surface area contributed by atoms with Gasteiger partial charge in [-0.2, -0.15) is 0 Å². The van der Waals surface area contributed by atoms with Gasteiger partial charge in [0.05, 0.1) is 0 Å². The number of aliphatic carboxylic acids is 1. The molecule has 0 aromatic heterocycles. The van der Waals surface area contributed by atoms with E-state index >= 15 is 0 Å². The molecule has 0 saturated carbocycles. The normalized spacial score (nSPS) is 17.3. The molecule has 0 bridgehead atoms. The van der Waals surface area contributed by atoms with Crippen LogP contribution in [-0.2, 0) is 4.79 Å². The van der Waals surface area contributed by atoms with Crippen molar-refractivity contribution < 1.29 is 14.7 Å². The maximum atomic E-state index is 12.2. The first kappa shape index (κ1) is 15.3. The summed E-state index contributed by atoms with van der Waals surface area (Å²) in [6.07, 6.45) is 0. The van der Waals surface area contributed by atoms with Gasteiger partial charge in [-0.3, -0.25) is 0 Å². The summed E-state index contributed by atoms with van der Waals surface area (Å²) < 4.78 is 0. The lowest BCUT2D eigenvalue weighted by atomic mass is 10.1. The third kappa shape index (κ3) is 3.95. The Kier molecular flexibility index (Phi) is 5.16. The average molecular weight is 291 g/mol. The maximum Gasteiger partial charge on any atom is 0.330 e. The van der Waals surface area contributed by atoms with Crippen molar-refractivity contribution in [3.8, 4) is 0 Å². The molecule has 1 fully saturated rings. The molecule has 21 heavy (non-hydrogen) atoms. The van der Waals surface area contributed by atoms with Crippen LogP contribution in [0.1, 0.15) is 18.5 Å². The quantitative estimate of drug-likeness (QED) is 0.873. The number of likely N-dealkylation sites (N-methyl/N-ethyl adjacent to an activating group) is 1. The second kappa shape index (κ2) is 7.08. The Morgan fingerprint density at radius 1 is 1.19 bits per heavy atom. The Hall–Kier alpha value is -2.08. The molecule has 1 aliphatic heterocycles. The first-order valence-corrected chi connectivity index (χ1v) is 7.17. The zero-order valence-electron chi connectivity index (χ0n) is 12.2. The lowest BCUT2D eigenvalue weighted by molar-refractivity contribution is -0.139. The minimum Gasteiger partial charge on any atom is -0.479 e. The number of rotatable bonds is 4. The van der Waals surface area contributed by atoms with E-state index in [1.165, 1.54) is 0 Å². The molecule has 1 heterocycles. The Labute approximate surface area is 124 Å². The van der Waals surface area contributed by atoms with E-state index in [1.807, 2.05) is 6.07 Å². The van der Waals surface area contributed by atoms with Crippen molar-refractivity contribution in [2.75, 3.05) is 32.7 Å². The fraction of sp³-hybridized carbons (Fsp3) is 0.467. The summed E-state index contributed by atoms with van der Waals surface area (Å²) in [6, 6.07) is 7.41. The molecule has 2 amide bonds. The number of nitrogens with zero attached hydrogens (tertiary/aromatic N) is 2. The van der Waals surface area contributed by atoms with Gasteiger partial charge in [-0.1, -0.05) is 37.3 Å². The summed E-state index contributed by atoms with van der Waals surface area (Å²) in [7, 11) is 0. The number of nitrogens with one attached hydrogen (secondary N) is 1. The first-order valence-electron chi connectivity index (χ1n) is 7.17. The van der Waals surface area contributed by atoms with Crippen molar-refractivity contribution in [2.24, 2.45) is 0 Å². The van der Waals surface area contributed by atoms with Gasteiger partial charge in [-0.15, -0.1) is 0 Å². The van der Waals surface area contributed by atoms with E-state index in [-0.39, 0.29) is 6.03 Å². The summed E-state index contributed by atoms with van der Waals surface area (Å²) in [5.41, 5.74) is 0.575. The van der Waals surface area contributed by atoms with Crippen molar-refractivity contribution >= 4 is 12.0 Å². The van der Waals surface area contributed by atoms with Crippen molar-refractivity contribution in [1.29, 1.82) is 0 Å². The number of carbonyl (C=O) groups is 2. The van der Waals surface area contributed by atoms with E-state index in [0.29, 0.717) is 18.7 Å². The van der Waals surface area contributed by atoms with Crippen LogP contribution in [0.15, 0.2) is 30.3 Å². The van der Waals surface area contributed by atoms with Crippen LogP contribution in [0.5, 0.6) is 0 Å². The number of carboxylic acids is 1. The standard InChI is InChI=1S/C15H21N3O3/c1-2-17-8-10-18(11-9-17)15(21)16-13(14(19)20)12-6-4-3-5-7-12/h3-7,13H,2,8-11H2,1H3,(H,16,21)(H,19,20)/t13-/m0/s1. The fourth-order valence-electron chi connectivity index (χ4n) is 2.42. The number of carboxylic acid groups (broad SMARTS) is 1. The summed E-state index contributed by atoms with van der Waals surface area (Å²) in [5, 5.41) is 11.9. The van der Waals surface area contributed by atoms with Crippen molar-refractivity contribution in [1.82, 2.24) is 15.1 Å². The van der Waals surface area contributed by atoms with E-state index in [9.17, 15) is 14.7 Å². The molecule has 6 nitrogen and oxygen atoms in total. The molecule has 0 radical (unpaired) electrons. The summed E-state index contributed by atoms with van der Waals surface area (Å²) in [4.78, 5) is 27.5. The monoisotopic (exact) mass is 291 g/mol. The molecule has 0 unspecified atom stereocenters. The number of hydrogen-bond acceptors (Lipinski definition) is 3. The summed E-state index contributed by atoms with van der Waals surface area (Å²) >= 11 is 0. The van der Waals surface area contributed by atoms with Gasteiger partial charge in [0.15, 0.2) is 6.04 Å². The molecule has 1 saturated heterocycles. The number of amides is 2. The van der Waals surface area contributed by atoms with Gasteiger partial charge in [-0.25, -0.2) is 9.59 Å². The fourth-order valence-corrected chi connectivity index (χ4v) is 2.42. The number of piperazine rings is 1. The lowest BCUT2D eigenvalue weighted by Crippen LogP contribution is -2.52. The molecular weight excluding hydrogens is 270 g/mol. The van der Waals surface area contributed by atoms with Crippen LogP contribution < -0.4 is 5.32 Å². The number of benzene rings is 1. The van der Waals surface area contributed by atoms with Gasteiger partial charge in [0.2, 0.25) is 0 Å². The topological polar surface area (TPSA) is 72.9 Å². The Bertz CT molecular complexity index is 484. The van der Waals surface area contributed by atoms with Crippen LogP contribution >= 0.6 is 0 Å². The van der Waals surface area contributed by atoms with Crippen LogP contribution in [0.3, 0.4) is 0 Å².